The van der Waals surface area contributed by atoms with Crippen LogP contribution in [0.15, 0.2) is 23.8 Å². The summed E-state index contributed by atoms with van der Waals surface area (Å²) in [7, 11) is 0. The van der Waals surface area contributed by atoms with Gasteiger partial charge in [-0.05, 0) is 58.3 Å². The Kier molecular flexibility index (Phi) is 49.3. The first-order valence-corrected chi connectivity index (χ1v) is 24.0. The number of unbranched alkanes of at least 4 members (excludes halogenated alkanes) is 2. The second-order valence-corrected chi connectivity index (χ2v) is 15.4. The third kappa shape index (κ3) is 43.2. The Morgan fingerprint density at radius 2 is 0.922 bits per heavy atom. The third-order valence-electron chi connectivity index (χ3n) is 9.45. The smallest absolute Gasteiger partial charge is 0.152 e. The van der Waals surface area contributed by atoms with Gasteiger partial charge in [0.15, 0.2) is 5.78 Å². The molecule has 0 aromatic heterocycles. The maximum absolute atomic E-state index is 12.4. The van der Waals surface area contributed by atoms with Crippen LogP contribution in [0, 0.1) is 5.92 Å². The van der Waals surface area contributed by atoms with Crippen molar-refractivity contribution in [1.82, 2.24) is 14.9 Å². The van der Waals surface area contributed by atoms with E-state index in [9.17, 15) is 14.4 Å². The molecule has 0 amide bonds. The molecule has 2 unspecified atom stereocenters. The fraction of sp³-hybridized carbons (Fsp3) is 0.848. The van der Waals surface area contributed by atoms with Crippen LogP contribution in [-0.2, 0) is 42.8 Å². The van der Waals surface area contributed by atoms with Gasteiger partial charge in [0.1, 0.15) is 11.6 Å². The average Bonchev–Trinajstić information content (AvgIpc) is 3.27. The van der Waals surface area contributed by atoms with Crippen LogP contribution in [0.25, 0.3) is 0 Å². The highest BCUT2D eigenvalue weighted by Gasteiger charge is 2.21. The van der Waals surface area contributed by atoms with E-state index in [1.807, 2.05) is 34.6 Å². The number of carbonyl (C=O) groups is 3. The molecule has 64 heavy (non-hydrogen) atoms. The molecule has 380 valence electrons. The van der Waals surface area contributed by atoms with Gasteiger partial charge in [-0.25, -0.2) is 11.7 Å². The lowest BCUT2D eigenvalue weighted by Crippen LogP contribution is -2.35. The van der Waals surface area contributed by atoms with Gasteiger partial charge in [-0.15, -0.1) is 0 Å². The van der Waals surface area contributed by atoms with Gasteiger partial charge in [0, 0.05) is 63.9 Å². The molecule has 0 radical (unpaired) electrons. The topological polar surface area (TPSA) is 272 Å². The number of carbonyl (C=O) groups excluding carboxylic acids is 3. The highest BCUT2D eigenvalue weighted by atomic mass is 16.5. The van der Waals surface area contributed by atoms with Crippen LogP contribution in [-0.4, -0.2) is 156 Å². The van der Waals surface area contributed by atoms with Crippen molar-refractivity contribution in [1.29, 1.82) is 0 Å². The van der Waals surface area contributed by atoms with Crippen molar-refractivity contribution in [2.45, 2.75) is 138 Å². The lowest BCUT2D eigenvalue weighted by molar-refractivity contribution is -0.124. The molecule has 0 aromatic rings. The molecule has 2 atom stereocenters. The summed E-state index contributed by atoms with van der Waals surface area (Å²) in [6.45, 7) is 23.6. The van der Waals surface area contributed by atoms with Crippen molar-refractivity contribution in [3.05, 3.63) is 23.8 Å². The van der Waals surface area contributed by atoms with E-state index < -0.39 is 12.1 Å². The number of nitrogens with zero attached hydrogens (tertiary/aromatic N) is 3. The molecule has 18 nitrogen and oxygen atoms in total. The summed E-state index contributed by atoms with van der Waals surface area (Å²) in [6, 6.07) is -0.830. The quantitative estimate of drug-likeness (QED) is 0.0289. The van der Waals surface area contributed by atoms with Gasteiger partial charge < -0.3 is 61.4 Å². The Bertz CT molecular complexity index is 1150. The van der Waals surface area contributed by atoms with E-state index in [-0.39, 0.29) is 36.5 Å². The van der Waals surface area contributed by atoms with Crippen LogP contribution in [0.2, 0.25) is 0 Å². The molecule has 18 heteroatoms. The van der Waals surface area contributed by atoms with Crippen LogP contribution in [0.3, 0.4) is 0 Å². The molecule has 0 rings (SSSR count). The van der Waals surface area contributed by atoms with E-state index in [1.54, 1.807) is 19.3 Å². The van der Waals surface area contributed by atoms with Crippen molar-refractivity contribution in [2.75, 3.05) is 112 Å². The largest absolute Gasteiger partial charge is 0.399 e. The van der Waals surface area contributed by atoms with Crippen LogP contribution >= 0.6 is 0 Å². The monoisotopic (exact) mass is 920 g/mol. The summed E-state index contributed by atoms with van der Waals surface area (Å²) < 4.78 is 34.1. The van der Waals surface area contributed by atoms with Crippen LogP contribution in [0.4, 0.5) is 0 Å². The first kappa shape index (κ1) is 65.5. The second kappa shape index (κ2) is 48.2. The molecule has 0 heterocycles. The van der Waals surface area contributed by atoms with Gasteiger partial charge in [0.2, 0.25) is 0 Å². The predicted octanol–water partition coefficient (Wildman–Crippen LogP) is 3.74. The molecule has 0 saturated carbocycles. The minimum absolute atomic E-state index is 0.0416. The van der Waals surface area contributed by atoms with Crippen molar-refractivity contribution < 1.29 is 42.8 Å². The molecule has 0 spiro atoms. The minimum atomic E-state index is -0.421. The maximum atomic E-state index is 12.4. The lowest BCUT2D eigenvalue weighted by atomic mass is 9.91. The van der Waals surface area contributed by atoms with Crippen molar-refractivity contribution in [3.63, 3.8) is 0 Å². The molecule has 0 aromatic carbocycles. The number of rotatable bonds is 43. The van der Waals surface area contributed by atoms with Crippen molar-refractivity contribution in [3.8, 4) is 0 Å². The number of hydrazine groups is 2. The number of nitrogens with two attached hydrogens (primary N) is 6. The summed E-state index contributed by atoms with van der Waals surface area (Å²) in [5.74, 6) is 12.5. The van der Waals surface area contributed by atoms with Gasteiger partial charge in [-0.3, -0.25) is 19.3 Å². The Morgan fingerprint density at radius 3 is 1.30 bits per heavy atom. The van der Waals surface area contributed by atoms with E-state index in [1.165, 1.54) is 16.4 Å². The van der Waals surface area contributed by atoms with E-state index in [2.05, 4.69) is 18.7 Å². The molecule has 0 aliphatic rings. The van der Waals surface area contributed by atoms with Crippen LogP contribution in [0.1, 0.15) is 126 Å². The fourth-order valence-electron chi connectivity index (χ4n) is 5.78. The summed E-state index contributed by atoms with van der Waals surface area (Å²) in [5, 5.41) is 3.05. The molecule has 0 saturated heterocycles. The van der Waals surface area contributed by atoms with Gasteiger partial charge in [0.05, 0.1) is 103 Å². The summed E-state index contributed by atoms with van der Waals surface area (Å²) in [4.78, 5) is 37.3. The Labute approximate surface area is 388 Å². The SMILES string of the molecule is CC.CCC.CCC(=O)C(N)CCCCN(N)/C=C(\N)COCCOCCN(CCOCCOCCC(C)=O)CCOCCOC/C(N)=C/N(N)CCCCC(N)C(=O)C(CC)CC. The van der Waals surface area contributed by atoms with E-state index >= 15 is 0 Å². The van der Waals surface area contributed by atoms with Crippen LogP contribution < -0.4 is 34.6 Å². The maximum Gasteiger partial charge on any atom is 0.152 e. The summed E-state index contributed by atoms with van der Waals surface area (Å²) in [5.41, 5.74) is 25.1. The summed E-state index contributed by atoms with van der Waals surface area (Å²) in [6.07, 6.45) is 11.6. The number of hydrogen-bond donors (Lipinski definition) is 6. The molecule has 0 bridgehead atoms. The first-order chi connectivity index (χ1) is 30.7. The highest BCUT2D eigenvalue weighted by molar-refractivity contribution is 5.86. The standard InChI is InChI=1S/C41H83N9O9.C3H8.C2H6/c1-5-35(6-2)41(53)39(45)13-9-11-16-50(47)31-37(43)33-59-29-27-57-23-19-48(17-21-55-25-24-54-20-14-34(4)51)18-22-56-26-28-58-32-36(42)30-49(46)15-10-8-12-38(44)40(52)7-3;1-3-2;1-2/h30-31,35,38-39H,5-29,32-33,42-47H2,1-4H3;3H2,1-2H3;1-2H3/b36-30-,37-31-;;. The predicted molar refractivity (Wildman–Crippen MR) is 258 cm³/mol. The number of ketones is 3. The number of hydrogen-bond acceptors (Lipinski definition) is 18. The fourth-order valence-corrected chi connectivity index (χ4v) is 5.78. The van der Waals surface area contributed by atoms with Gasteiger partial charge in [0.25, 0.3) is 0 Å². The normalized spacial score (nSPS) is 12.7. The Balaban J connectivity index is -0.00000711. The first-order valence-electron chi connectivity index (χ1n) is 24.0. The second-order valence-electron chi connectivity index (χ2n) is 15.4. The zero-order valence-corrected chi connectivity index (χ0v) is 41.7. The molecule has 0 fully saturated rings. The summed E-state index contributed by atoms with van der Waals surface area (Å²) >= 11 is 0. The highest BCUT2D eigenvalue weighted by Crippen LogP contribution is 2.13. The molecular formula is C46H97N9O9. The molecule has 0 aliphatic carbocycles. The van der Waals surface area contributed by atoms with E-state index in [4.69, 9.17) is 63.0 Å². The lowest BCUT2D eigenvalue weighted by Gasteiger charge is -2.22. The number of ether oxygens (including phenoxy) is 6. The minimum Gasteiger partial charge on any atom is -0.399 e. The van der Waals surface area contributed by atoms with E-state index in [0.717, 1.165) is 38.5 Å². The van der Waals surface area contributed by atoms with Crippen LogP contribution in [0.5, 0.6) is 0 Å². The molecule has 12 N–H and O–H groups in total. The third-order valence-corrected chi connectivity index (χ3v) is 9.45. The molecular weight excluding hydrogens is 823 g/mol. The number of Topliss-reactive ketones (excluding diaryl/α,β-unsaturated/α-hetero) is 3. The van der Waals surface area contributed by atoms with Crippen molar-refractivity contribution in [2.24, 2.45) is 40.5 Å². The van der Waals surface area contributed by atoms with Gasteiger partial charge in [-0.1, -0.05) is 54.9 Å². The average molecular weight is 920 g/mol. The Morgan fingerprint density at radius 1 is 0.547 bits per heavy atom. The van der Waals surface area contributed by atoms with Gasteiger partial charge in [-0.2, -0.15) is 0 Å². The van der Waals surface area contributed by atoms with E-state index in [0.29, 0.717) is 136 Å². The van der Waals surface area contributed by atoms with Gasteiger partial charge >= 0.3 is 0 Å². The molecule has 0 aliphatic heterocycles. The Hall–Kier alpha value is -2.75. The zero-order chi connectivity index (χ0) is 48.8. The van der Waals surface area contributed by atoms with Crippen molar-refractivity contribution >= 4 is 17.3 Å². The zero-order valence-electron chi connectivity index (χ0n) is 41.7.